The second-order valence-corrected chi connectivity index (χ2v) is 12.4. The third-order valence-electron chi connectivity index (χ3n) is 6.71. The van der Waals surface area contributed by atoms with Gasteiger partial charge < -0.3 is 15.8 Å². The summed E-state index contributed by atoms with van der Waals surface area (Å²) in [5.74, 6) is -0.145. The zero-order valence-corrected chi connectivity index (χ0v) is 20.1. The van der Waals surface area contributed by atoms with Crippen molar-refractivity contribution in [1.29, 1.82) is 0 Å². The fourth-order valence-corrected chi connectivity index (χ4v) is 8.35. The van der Waals surface area contributed by atoms with Crippen LogP contribution in [0.2, 0.25) is 0 Å². The average Bonchev–Trinajstić information content (AvgIpc) is 3.19. The van der Waals surface area contributed by atoms with E-state index in [1.807, 2.05) is 20.8 Å². The van der Waals surface area contributed by atoms with Gasteiger partial charge in [0, 0.05) is 17.8 Å². The van der Waals surface area contributed by atoms with Gasteiger partial charge in [-0.25, -0.2) is 9.37 Å². The van der Waals surface area contributed by atoms with E-state index >= 15 is 4.39 Å². The van der Waals surface area contributed by atoms with Gasteiger partial charge in [-0.15, -0.1) is 0 Å². The van der Waals surface area contributed by atoms with Gasteiger partial charge in [-0.2, -0.15) is 0 Å². The Bertz CT molecular complexity index is 1170. The van der Waals surface area contributed by atoms with E-state index in [9.17, 15) is 9.00 Å². The van der Waals surface area contributed by atoms with Gasteiger partial charge in [-0.1, -0.05) is 0 Å². The Labute approximate surface area is 193 Å². The number of hydrogen-bond donors (Lipinski definition) is 4. The highest BCUT2D eigenvalue weighted by atomic mass is 32.3. The molecule has 2 aromatic rings. The number of hydrogen-bond acceptors (Lipinski definition) is 6. The lowest BCUT2D eigenvalue weighted by atomic mass is 9.86. The van der Waals surface area contributed by atoms with Crippen LogP contribution in [0.4, 0.5) is 10.1 Å². The highest BCUT2D eigenvalue weighted by Gasteiger charge is 2.58. The van der Waals surface area contributed by atoms with E-state index in [0.29, 0.717) is 31.0 Å². The van der Waals surface area contributed by atoms with Crippen LogP contribution in [0.15, 0.2) is 41.5 Å². The second kappa shape index (κ2) is 8.18. The minimum atomic E-state index is -3.02. The van der Waals surface area contributed by atoms with E-state index in [1.165, 1.54) is 18.3 Å². The first-order valence-corrected chi connectivity index (χ1v) is 12.7. The molecule has 4 N–H and O–H groups in total. The molecule has 0 bridgehead atoms. The maximum absolute atomic E-state index is 15.1. The number of carbonyl (C=O) groups is 1. The monoisotopic (exact) mass is 475 g/mol. The molecule has 0 aliphatic carbocycles. The van der Waals surface area contributed by atoms with Crippen LogP contribution in [0.3, 0.4) is 0 Å². The Kier molecular flexibility index (Phi) is 5.78. The number of aliphatic imine (C=N–C) groups is 1. The summed E-state index contributed by atoms with van der Waals surface area (Å²) in [6.45, 7) is 8.29. The number of amidine groups is 1. The first-order chi connectivity index (χ1) is 15.5. The molecule has 0 saturated carbocycles. The second-order valence-electron chi connectivity index (χ2n) is 9.04. The standard InChI is InChI=1S/C23H30FN5O3S/c1-5-32-15-7-9-18(26-13-15)20(30)28-14-6-8-17(24)16(12-14)23(4)19-10-11-27-33(19,31)22(2,3)21(25)29-23/h6-9,12-13,19,33H,5,10-11H2,1-4H3,(H2,25,29)(H,27,31)(H,28,30)/t19-,23+/m0/s1. The number of amides is 1. The molecule has 2 aliphatic rings. The summed E-state index contributed by atoms with van der Waals surface area (Å²) in [5, 5.41) is 2.34. The van der Waals surface area contributed by atoms with Crippen LogP contribution in [0, 0.1) is 5.82 Å². The molecular weight excluding hydrogens is 445 g/mol. The van der Waals surface area contributed by atoms with Gasteiger partial charge in [0.2, 0.25) is 0 Å². The number of benzene rings is 1. The topological polar surface area (TPSA) is 119 Å². The van der Waals surface area contributed by atoms with E-state index in [4.69, 9.17) is 15.5 Å². The van der Waals surface area contributed by atoms with Gasteiger partial charge in [0.25, 0.3) is 5.91 Å². The summed E-state index contributed by atoms with van der Waals surface area (Å²) < 4.78 is 36.8. The third kappa shape index (κ3) is 3.71. The van der Waals surface area contributed by atoms with Crippen molar-refractivity contribution >= 4 is 27.5 Å². The zero-order valence-electron chi connectivity index (χ0n) is 19.2. The minimum Gasteiger partial charge on any atom is -0.492 e. The molecule has 2 aliphatic heterocycles. The summed E-state index contributed by atoms with van der Waals surface area (Å²) in [6, 6.07) is 7.51. The number of nitrogens with zero attached hydrogens (tertiary/aromatic N) is 2. The number of halogens is 1. The van der Waals surface area contributed by atoms with Gasteiger partial charge in [0.05, 0.1) is 22.8 Å². The molecule has 33 heavy (non-hydrogen) atoms. The molecule has 10 heteroatoms. The highest BCUT2D eigenvalue weighted by molar-refractivity contribution is 8.04. The molecule has 1 amide bonds. The summed E-state index contributed by atoms with van der Waals surface area (Å²) in [6.07, 6.45) is 2.06. The SMILES string of the molecule is CCOc1ccc(C(=O)Nc2ccc(F)c([C@@]3(C)N=C(N)C(C)(C)[SH]4(=O)NCC[C@@H]34)c2)nc1. The lowest BCUT2D eigenvalue weighted by molar-refractivity contribution is 0.102. The molecule has 1 aromatic carbocycles. The molecule has 0 spiro atoms. The van der Waals surface area contributed by atoms with Crippen molar-refractivity contribution < 1.29 is 18.1 Å². The summed E-state index contributed by atoms with van der Waals surface area (Å²) >= 11 is 0. The number of nitrogens with one attached hydrogen (secondary N) is 2. The zero-order chi connectivity index (χ0) is 24.0. The first kappa shape index (κ1) is 23.3. The van der Waals surface area contributed by atoms with Crippen LogP contribution in [0.5, 0.6) is 5.75 Å². The summed E-state index contributed by atoms with van der Waals surface area (Å²) in [7, 11) is -3.02. The predicted molar refractivity (Wildman–Crippen MR) is 129 cm³/mol. The predicted octanol–water partition coefficient (Wildman–Crippen LogP) is 2.53. The molecule has 3 heterocycles. The number of fused-ring (bicyclic) bond motifs is 1. The number of nitrogens with two attached hydrogens (primary N) is 1. The molecule has 8 nitrogen and oxygen atoms in total. The first-order valence-electron chi connectivity index (χ1n) is 10.9. The van der Waals surface area contributed by atoms with Crippen molar-refractivity contribution in [2.45, 2.75) is 49.7 Å². The Morgan fingerprint density at radius 2 is 2.09 bits per heavy atom. The van der Waals surface area contributed by atoms with E-state index in [0.717, 1.165) is 0 Å². The van der Waals surface area contributed by atoms with Crippen molar-refractivity contribution in [2.75, 3.05) is 18.5 Å². The molecule has 1 fully saturated rings. The normalized spacial score (nSPS) is 26.1. The van der Waals surface area contributed by atoms with Gasteiger partial charge in [-0.05, 0) is 74.6 Å². The van der Waals surface area contributed by atoms with Crippen LogP contribution in [0.25, 0.3) is 0 Å². The van der Waals surface area contributed by atoms with E-state index < -0.39 is 37.4 Å². The summed E-state index contributed by atoms with van der Waals surface area (Å²) in [5.41, 5.74) is 5.96. The van der Waals surface area contributed by atoms with Gasteiger partial charge >= 0.3 is 0 Å². The Balaban J connectivity index is 1.68. The van der Waals surface area contributed by atoms with Crippen LogP contribution < -0.4 is 20.5 Å². The maximum atomic E-state index is 15.1. The number of ether oxygens (including phenoxy) is 1. The van der Waals surface area contributed by atoms with Gasteiger partial charge in [0.15, 0.2) is 0 Å². The Hall–Kier alpha value is -2.85. The lowest BCUT2D eigenvalue weighted by Crippen LogP contribution is -2.64. The number of carbonyl (C=O) groups excluding carboxylic acids is 1. The molecule has 1 aromatic heterocycles. The third-order valence-corrected chi connectivity index (χ3v) is 10.9. The molecule has 2 atom stereocenters. The number of pyridine rings is 1. The number of anilines is 1. The van der Waals surface area contributed by atoms with Crippen molar-refractivity contribution in [3.63, 3.8) is 0 Å². The number of rotatable bonds is 5. The van der Waals surface area contributed by atoms with Crippen LogP contribution in [-0.4, -0.2) is 44.1 Å². The highest BCUT2D eigenvalue weighted by Crippen LogP contribution is 2.49. The van der Waals surface area contributed by atoms with Crippen molar-refractivity contribution in [3.8, 4) is 5.75 Å². The number of thiol groups is 1. The smallest absolute Gasteiger partial charge is 0.274 e. The molecule has 178 valence electrons. The Morgan fingerprint density at radius 3 is 2.76 bits per heavy atom. The maximum Gasteiger partial charge on any atom is 0.274 e. The van der Waals surface area contributed by atoms with Crippen LogP contribution in [0.1, 0.15) is 50.2 Å². The fraction of sp³-hybridized carbons (Fsp3) is 0.435. The van der Waals surface area contributed by atoms with Crippen LogP contribution >= 0.6 is 0 Å². The van der Waals surface area contributed by atoms with Crippen molar-refractivity contribution in [2.24, 2.45) is 10.7 Å². The number of aromatic nitrogens is 1. The van der Waals surface area contributed by atoms with Crippen molar-refractivity contribution in [1.82, 2.24) is 9.71 Å². The fourth-order valence-electron chi connectivity index (χ4n) is 4.71. The van der Waals surface area contributed by atoms with E-state index in [-0.39, 0.29) is 17.1 Å². The molecule has 4 rings (SSSR count). The Morgan fingerprint density at radius 1 is 1.33 bits per heavy atom. The van der Waals surface area contributed by atoms with E-state index in [2.05, 4.69) is 15.0 Å². The molecule has 0 unspecified atom stereocenters. The van der Waals surface area contributed by atoms with Crippen LogP contribution in [-0.2, 0) is 15.7 Å². The van der Waals surface area contributed by atoms with Gasteiger partial charge in [0.1, 0.15) is 28.6 Å². The van der Waals surface area contributed by atoms with Crippen molar-refractivity contribution in [3.05, 3.63) is 53.6 Å². The minimum absolute atomic E-state index is 0.196. The summed E-state index contributed by atoms with van der Waals surface area (Å²) in [4.78, 5) is 21.5. The molecule has 0 radical (unpaired) electrons. The quantitative estimate of drug-likeness (QED) is 0.496. The molecular formula is C23H30FN5O3S. The largest absolute Gasteiger partial charge is 0.492 e. The lowest BCUT2D eigenvalue weighted by Gasteiger charge is -2.50. The molecule has 1 saturated heterocycles. The van der Waals surface area contributed by atoms with Gasteiger partial charge in [-0.3, -0.25) is 18.7 Å². The van der Waals surface area contributed by atoms with E-state index in [1.54, 1.807) is 25.1 Å². The average molecular weight is 476 g/mol.